The Labute approximate surface area is 223 Å². The summed E-state index contributed by atoms with van der Waals surface area (Å²) in [6.07, 6.45) is 3.22. The predicted molar refractivity (Wildman–Crippen MR) is 141 cm³/mol. The van der Waals surface area contributed by atoms with Crippen LogP contribution in [0.15, 0.2) is 60.7 Å². The molecule has 3 aliphatic heterocycles. The zero-order valence-electron chi connectivity index (χ0n) is 21.9. The lowest BCUT2D eigenvalue weighted by molar-refractivity contribution is -0.146. The Morgan fingerprint density at radius 2 is 1.53 bits per heavy atom. The standard InChI is InChI=1S/C30H37N3O5/c1-29-15-16-30(38-29)24(23(29)26(35)31-19-21-11-5-2-6-12-21)28(37)33(17-9-4-10-18-34)25(30)27(36)32-20-22-13-7-3-8-14-22/h2-3,5-8,11-14,23-25,34H,4,9-10,15-20H2,1H3,(H,31,35)(H,32,36)/t23-,24+,25?,29+,30?/m1/s1. The number of fused-ring (bicyclic) bond motifs is 1. The van der Waals surface area contributed by atoms with Crippen molar-refractivity contribution in [3.63, 3.8) is 0 Å². The Kier molecular flexibility index (Phi) is 7.54. The van der Waals surface area contributed by atoms with E-state index in [9.17, 15) is 19.5 Å². The summed E-state index contributed by atoms with van der Waals surface area (Å²) in [7, 11) is 0. The Morgan fingerprint density at radius 3 is 2.13 bits per heavy atom. The lowest BCUT2D eigenvalue weighted by Crippen LogP contribution is -2.55. The molecule has 0 saturated carbocycles. The lowest BCUT2D eigenvalue weighted by Gasteiger charge is -2.33. The highest BCUT2D eigenvalue weighted by Gasteiger charge is 2.77. The van der Waals surface area contributed by atoms with Gasteiger partial charge in [-0.3, -0.25) is 14.4 Å². The Bertz CT molecular complexity index is 1160. The van der Waals surface area contributed by atoms with Crippen LogP contribution in [-0.2, 0) is 32.2 Å². The van der Waals surface area contributed by atoms with E-state index >= 15 is 0 Å². The van der Waals surface area contributed by atoms with Crippen molar-refractivity contribution in [3.8, 4) is 0 Å². The third-order valence-electron chi connectivity index (χ3n) is 8.48. The number of rotatable bonds is 11. The van der Waals surface area contributed by atoms with Crippen LogP contribution in [0.2, 0.25) is 0 Å². The van der Waals surface area contributed by atoms with Crippen molar-refractivity contribution in [1.82, 2.24) is 15.5 Å². The average Bonchev–Trinajstić information content (AvgIpc) is 3.50. The predicted octanol–water partition coefficient (Wildman–Crippen LogP) is 2.55. The first kappa shape index (κ1) is 26.4. The molecule has 202 valence electrons. The molecule has 0 aromatic heterocycles. The minimum Gasteiger partial charge on any atom is -0.396 e. The molecule has 2 aromatic rings. The van der Waals surface area contributed by atoms with Crippen LogP contribution in [0.5, 0.6) is 0 Å². The third kappa shape index (κ3) is 4.71. The molecule has 3 fully saturated rings. The van der Waals surface area contributed by atoms with Gasteiger partial charge >= 0.3 is 0 Å². The van der Waals surface area contributed by atoms with Gasteiger partial charge in [0.05, 0.1) is 17.4 Å². The molecule has 1 spiro atoms. The number of ether oxygens (including phenoxy) is 1. The van der Waals surface area contributed by atoms with E-state index in [1.807, 2.05) is 67.6 Å². The Balaban J connectivity index is 1.39. The van der Waals surface area contributed by atoms with E-state index in [0.29, 0.717) is 45.3 Å². The van der Waals surface area contributed by atoms with Crippen molar-refractivity contribution in [1.29, 1.82) is 0 Å². The molecular formula is C30H37N3O5. The molecule has 3 heterocycles. The van der Waals surface area contributed by atoms with Gasteiger partial charge in [-0.25, -0.2) is 0 Å². The Morgan fingerprint density at radius 1 is 0.921 bits per heavy atom. The van der Waals surface area contributed by atoms with E-state index < -0.39 is 29.1 Å². The molecule has 2 bridgehead atoms. The highest BCUT2D eigenvalue weighted by atomic mass is 16.5. The zero-order chi connectivity index (χ0) is 26.8. The summed E-state index contributed by atoms with van der Waals surface area (Å²) in [5.41, 5.74) is 0.113. The fourth-order valence-corrected chi connectivity index (χ4v) is 6.72. The van der Waals surface area contributed by atoms with E-state index in [0.717, 1.165) is 17.5 Å². The summed E-state index contributed by atoms with van der Waals surface area (Å²) in [5.74, 6) is -2.01. The fraction of sp³-hybridized carbons (Fsp3) is 0.500. The molecule has 8 nitrogen and oxygen atoms in total. The van der Waals surface area contributed by atoms with Crippen molar-refractivity contribution in [2.45, 2.75) is 69.4 Å². The van der Waals surface area contributed by atoms with Crippen LogP contribution >= 0.6 is 0 Å². The molecular weight excluding hydrogens is 482 g/mol. The molecule has 3 N–H and O–H groups in total. The van der Waals surface area contributed by atoms with Gasteiger partial charge in [0, 0.05) is 26.2 Å². The molecule has 38 heavy (non-hydrogen) atoms. The van der Waals surface area contributed by atoms with Gasteiger partial charge in [0.1, 0.15) is 11.6 Å². The summed E-state index contributed by atoms with van der Waals surface area (Å²) >= 11 is 0. The van der Waals surface area contributed by atoms with Crippen molar-refractivity contribution in [3.05, 3.63) is 71.8 Å². The second-order valence-corrected chi connectivity index (χ2v) is 11.0. The molecule has 0 aliphatic carbocycles. The van der Waals surface area contributed by atoms with Gasteiger partial charge in [-0.15, -0.1) is 0 Å². The fourth-order valence-electron chi connectivity index (χ4n) is 6.72. The quantitative estimate of drug-likeness (QED) is 0.396. The van der Waals surface area contributed by atoms with Crippen LogP contribution in [0, 0.1) is 11.8 Å². The molecule has 3 aliphatic rings. The highest BCUT2D eigenvalue weighted by molar-refractivity contribution is 5.99. The maximum absolute atomic E-state index is 14.0. The van der Waals surface area contributed by atoms with Crippen LogP contribution in [0.25, 0.3) is 0 Å². The smallest absolute Gasteiger partial charge is 0.246 e. The number of carbonyl (C=O) groups excluding carboxylic acids is 3. The van der Waals surface area contributed by atoms with Crippen molar-refractivity contribution < 1.29 is 24.2 Å². The summed E-state index contributed by atoms with van der Waals surface area (Å²) < 4.78 is 6.65. The number of unbranched alkanes of at least 4 members (excludes halogenated alkanes) is 2. The number of hydrogen-bond acceptors (Lipinski definition) is 5. The topological polar surface area (TPSA) is 108 Å². The van der Waals surface area contributed by atoms with E-state index in [-0.39, 0.29) is 24.3 Å². The number of aliphatic hydroxyl groups excluding tert-OH is 1. The summed E-state index contributed by atoms with van der Waals surface area (Å²) in [6.45, 7) is 3.10. The molecule has 5 rings (SSSR count). The van der Waals surface area contributed by atoms with Gasteiger partial charge < -0.3 is 25.4 Å². The van der Waals surface area contributed by atoms with Crippen LogP contribution in [0.3, 0.4) is 0 Å². The number of aliphatic hydroxyl groups is 1. The van der Waals surface area contributed by atoms with E-state index in [1.54, 1.807) is 4.90 Å². The SMILES string of the molecule is C[C@@]12CCC3(O1)C(C(=O)NCc1ccccc1)N(CCCCCO)C(=O)[C@@H]3[C@@H]2C(=O)NCc1ccccc1. The molecule has 2 unspecified atom stereocenters. The van der Waals surface area contributed by atoms with E-state index in [1.165, 1.54) is 0 Å². The van der Waals surface area contributed by atoms with Crippen LogP contribution in [0.4, 0.5) is 0 Å². The molecule has 5 atom stereocenters. The molecule has 0 radical (unpaired) electrons. The molecule has 3 amide bonds. The molecule has 3 saturated heterocycles. The normalized spacial score (nSPS) is 29.4. The number of hydrogen-bond donors (Lipinski definition) is 3. The van der Waals surface area contributed by atoms with Crippen molar-refractivity contribution >= 4 is 17.7 Å². The minimum absolute atomic E-state index is 0.0899. The van der Waals surface area contributed by atoms with Crippen molar-refractivity contribution in [2.75, 3.05) is 13.2 Å². The number of likely N-dealkylation sites (tertiary alicyclic amines) is 1. The first-order valence-corrected chi connectivity index (χ1v) is 13.6. The van der Waals surface area contributed by atoms with Crippen molar-refractivity contribution in [2.24, 2.45) is 11.8 Å². The number of nitrogens with zero attached hydrogens (tertiary/aromatic N) is 1. The minimum atomic E-state index is -1.03. The van der Waals surface area contributed by atoms with E-state index in [4.69, 9.17) is 4.74 Å². The van der Waals surface area contributed by atoms with Crippen LogP contribution < -0.4 is 10.6 Å². The largest absolute Gasteiger partial charge is 0.396 e. The highest BCUT2D eigenvalue weighted by Crippen LogP contribution is 2.63. The summed E-state index contributed by atoms with van der Waals surface area (Å²) in [6, 6.07) is 18.5. The molecule has 2 aromatic carbocycles. The van der Waals surface area contributed by atoms with E-state index in [2.05, 4.69) is 10.6 Å². The maximum Gasteiger partial charge on any atom is 0.246 e. The lowest BCUT2D eigenvalue weighted by atomic mass is 9.66. The number of benzene rings is 2. The first-order valence-electron chi connectivity index (χ1n) is 13.6. The second kappa shape index (κ2) is 10.9. The average molecular weight is 520 g/mol. The van der Waals surface area contributed by atoms with Crippen LogP contribution in [0.1, 0.15) is 50.2 Å². The maximum atomic E-state index is 14.0. The zero-order valence-corrected chi connectivity index (χ0v) is 21.9. The summed E-state index contributed by atoms with van der Waals surface area (Å²) in [4.78, 5) is 43.0. The summed E-state index contributed by atoms with van der Waals surface area (Å²) in [5, 5.41) is 15.3. The van der Waals surface area contributed by atoms with Gasteiger partial charge in [-0.1, -0.05) is 60.7 Å². The number of carbonyl (C=O) groups is 3. The first-order chi connectivity index (χ1) is 18.4. The van der Waals surface area contributed by atoms with Gasteiger partial charge in [-0.05, 0) is 50.2 Å². The number of amides is 3. The third-order valence-corrected chi connectivity index (χ3v) is 8.48. The second-order valence-electron chi connectivity index (χ2n) is 11.0. The Hall–Kier alpha value is -3.23. The van der Waals surface area contributed by atoms with Crippen LogP contribution in [-0.4, -0.2) is 58.1 Å². The van der Waals surface area contributed by atoms with Gasteiger partial charge in [0.25, 0.3) is 0 Å². The monoisotopic (exact) mass is 519 g/mol. The van der Waals surface area contributed by atoms with Gasteiger partial charge in [0.2, 0.25) is 17.7 Å². The molecule has 8 heteroatoms. The number of nitrogens with one attached hydrogen (secondary N) is 2. The van der Waals surface area contributed by atoms with Gasteiger partial charge in [0.15, 0.2) is 0 Å². The van der Waals surface area contributed by atoms with Gasteiger partial charge in [-0.2, -0.15) is 0 Å².